The third-order valence-corrected chi connectivity index (χ3v) is 2.26. The molecule has 1 aromatic heterocycles. The molecule has 8 nitrogen and oxygen atoms in total. The highest BCUT2D eigenvalue weighted by Gasteiger charge is 2.35. The molecule has 0 fully saturated rings. The second-order valence-electron chi connectivity index (χ2n) is 3.66. The fourth-order valence-corrected chi connectivity index (χ4v) is 1.55. The molecule has 112 valence electrons. The average molecular weight is 295 g/mol. The summed E-state index contributed by atoms with van der Waals surface area (Å²) in [6.07, 6.45) is -3.68. The molecular formula is C9H12F3N5O3. The van der Waals surface area contributed by atoms with Crippen molar-refractivity contribution in [2.75, 3.05) is 37.0 Å². The summed E-state index contributed by atoms with van der Waals surface area (Å²) in [5.74, 6) is -0.703. The molecule has 0 bridgehead atoms. The van der Waals surface area contributed by atoms with Crippen LogP contribution in [-0.4, -0.2) is 52.9 Å². The normalized spacial score (nSPS) is 11.2. The van der Waals surface area contributed by atoms with Crippen molar-refractivity contribution >= 4 is 17.3 Å². The lowest BCUT2D eigenvalue weighted by Gasteiger charge is -2.23. The summed E-state index contributed by atoms with van der Waals surface area (Å²) >= 11 is 0. The quantitative estimate of drug-likeness (QED) is 0.590. The van der Waals surface area contributed by atoms with Crippen LogP contribution >= 0.6 is 0 Å². The fraction of sp³-hybridized carbons (Fsp3) is 0.556. The number of aliphatic hydroxyl groups is 1. The minimum atomic E-state index is -4.59. The maximum atomic E-state index is 12.5. The van der Waals surface area contributed by atoms with Crippen molar-refractivity contribution in [1.29, 1.82) is 0 Å². The standard InChI is InChI=1S/C9H12F3N5O3/c1-13-7-6(17(19)20)8(15-5-14-7)16(2-3-18)4-9(10,11)12/h5,18H,2-4H2,1H3,(H,13,14,15). The van der Waals surface area contributed by atoms with Crippen molar-refractivity contribution in [2.45, 2.75) is 6.18 Å². The first-order valence-corrected chi connectivity index (χ1v) is 5.40. The molecule has 0 aliphatic carbocycles. The lowest BCUT2D eigenvalue weighted by atomic mass is 10.3. The summed E-state index contributed by atoms with van der Waals surface area (Å²) in [4.78, 5) is 17.8. The molecular weight excluding hydrogens is 283 g/mol. The van der Waals surface area contributed by atoms with E-state index >= 15 is 0 Å². The molecule has 11 heteroatoms. The van der Waals surface area contributed by atoms with Crippen molar-refractivity contribution in [2.24, 2.45) is 0 Å². The Morgan fingerprint density at radius 2 is 2.15 bits per heavy atom. The predicted molar refractivity (Wildman–Crippen MR) is 63.6 cm³/mol. The van der Waals surface area contributed by atoms with E-state index in [1.165, 1.54) is 7.05 Å². The number of rotatable bonds is 6. The number of anilines is 2. The van der Waals surface area contributed by atoms with Crippen LogP contribution in [0.15, 0.2) is 6.33 Å². The molecule has 20 heavy (non-hydrogen) atoms. The van der Waals surface area contributed by atoms with E-state index in [4.69, 9.17) is 5.11 Å². The Bertz CT molecular complexity index is 482. The maximum absolute atomic E-state index is 12.5. The lowest BCUT2D eigenvalue weighted by Crippen LogP contribution is -2.37. The monoisotopic (exact) mass is 295 g/mol. The number of aliphatic hydroxyl groups excluding tert-OH is 1. The van der Waals surface area contributed by atoms with Crippen molar-refractivity contribution in [3.05, 3.63) is 16.4 Å². The van der Waals surface area contributed by atoms with E-state index in [0.29, 0.717) is 4.90 Å². The number of halogens is 3. The number of hydrogen-bond acceptors (Lipinski definition) is 7. The highest BCUT2D eigenvalue weighted by molar-refractivity contribution is 5.70. The number of hydrogen-bond donors (Lipinski definition) is 2. The van der Waals surface area contributed by atoms with Gasteiger partial charge in [-0.25, -0.2) is 9.97 Å². The van der Waals surface area contributed by atoms with Crippen LogP contribution in [0.25, 0.3) is 0 Å². The van der Waals surface area contributed by atoms with Gasteiger partial charge in [-0.05, 0) is 0 Å². The second kappa shape index (κ2) is 6.32. The molecule has 0 spiro atoms. The molecule has 1 rings (SSSR count). The van der Waals surface area contributed by atoms with Crippen LogP contribution in [-0.2, 0) is 0 Å². The van der Waals surface area contributed by atoms with E-state index in [2.05, 4.69) is 15.3 Å². The topological polar surface area (TPSA) is 104 Å². The summed E-state index contributed by atoms with van der Waals surface area (Å²) in [5, 5.41) is 22.2. The Hall–Kier alpha value is -2.17. The largest absolute Gasteiger partial charge is 0.405 e. The first-order valence-electron chi connectivity index (χ1n) is 5.40. The fourth-order valence-electron chi connectivity index (χ4n) is 1.55. The molecule has 0 aliphatic rings. The van der Waals surface area contributed by atoms with Crippen LogP contribution in [0.1, 0.15) is 0 Å². The van der Waals surface area contributed by atoms with Gasteiger partial charge in [-0.1, -0.05) is 0 Å². The average Bonchev–Trinajstić information content (AvgIpc) is 2.35. The van der Waals surface area contributed by atoms with Crippen molar-refractivity contribution < 1.29 is 23.2 Å². The summed E-state index contributed by atoms with van der Waals surface area (Å²) < 4.78 is 37.4. The Labute approximate surface area is 111 Å². The van der Waals surface area contributed by atoms with Crippen LogP contribution < -0.4 is 10.2 Å². The smallest absolute Gasteiger partial charge is 0.395 e. The van der Waals surface area contributed by atoms with Gasteiger partial charge in [-0.15, -0.1) is 0 Å². The van der Waals surface area contributed by atoms with E-state index in [0.717, 1.165) is 6.33 Å². The number of nitrogens with zero attached hydrogens (tertiary/aromatic N) is 4. The molecule has 0 amide bonds. The molecule has 2 N–H and O–H groups in total. The van der Waals surface area contributed by atoms with Gasteiger partial charge in [0.15, 0.2) is 0 Å². The molecule has 0 saturated carbocycles. The zero-order valence-electron chi connectivity index (χ0n) is 10.4. The van der Waals surface area contributed by atoms with Crippen molar-refractivity contribution in [3.63, 3.8) is 0 Å². The van der Waals surface area contributed by atoms with Crippen LogP contribution in [0, 0.1) is 10.1 Å². The molecule has 1 heterocycles. The van der Waals surface area contributed by atoms with E-state index in [-0.39, 0.29) is 5.82 Å². The molecule has 0 radical (unpaired) electrons. The van der Waals surface area contributed by atoms with Crippen LogP contribution in [0.3, 0.4) is 0 Å². The van der Waals surface area contributed by atoms with Gasteiger partial charge in [0.05, 0.1) is 11.5 Å². The van der Waals surface area contributed by atoms with Crippen LogP contribution in [0.5, 0.6) is 0 Å². The van der Waals surface area contributed by atoms with Gasteiger partial charge in [-0.2, -0.15) is 13.2 Å². The van der Waals surface area contributed by atoms with Gasteiger partial charge in [-0.3, -0.25) is 10.1 Å². The highest BCUT2D eigenvalue weighted by Crippen LogP contribution is 2.32. The molecule has 0 atom stereocenters. The van der Waals surface area contributed by atoms with Gasteiger partial charge in [0.1, 0.15) is 12.9 Å². The van der Waals surface area contributed by atoms with Crippen molar-refractivity contribution in [1.82, 2.24) is 9.97 Å². The Balaban J connectivity index is 3.28. The Morgan fingerprint density at radius 3 is 2.60 bits per heavy atom. The molecule has 0 saturated heterocycles. The Morgan fingerprint density at radius 1 is 1.50 bits per heavy atom. The summed E-state index contributed by atoms with van der Waals surface area (Å²) in [5.41, 5.74) is -0.673. The van der Waals surface area contributed by atoms with E-state index in [1.54, 1.807) is 0 Å². The minimum absolute atomic E-state index is 0.204. The van der Waals surface area contributed by atoms with E-state index in [9.17, 15) is 23.3 Å². The predicted octanol–water partition coefficient (Wildman–Crippen LogP) is 0.788. The maximum Gasteiger partial charge on any atom is 0.405 e. The van der Waals surface area contributed by atoms with Crippen LogP contribution in [0.4, 0.5) is 30.5 Å². The van der Waals surface area contributed by atoms with Gasteiger partial charge in [0.25, 0.3) is 0 Å². The molecule has 0 unspecified atom stereocenters. The molecule has 1 aromatic rings. The van der Waals surface area contributed by atoms with Gasteiger partial charge in [0, 0.05) is 13.6 Å². The van der Waals surface area contributed by atoms with Gasteiger partial charge >= 0.3 is 11.9 Å². The summed E-state index contributed by atoms with van der Waals surface area (Å²) in [7, 11) is 1.35. The molecule has 0 aromatic carbocycles. The third kappa shape index (κ3) is 3.91. The van der Waals surface area contributed by atoms with Gasteiger partial charge in [0.2, 0.25) is 11.6 Å². The van der Waals surface area contributed by atoms with Crippen molar-refractivity contribution in [3.8, 4) is 0 Å². The third-order valence-electron chi connectivity index (χ3n) is 2.26. The van der Waals surface area contributed by atoms with E-state index in [1.807, 2.05) is 0 Å². The second-order valence-corrected chi connectivity index (χ2v) is 3.66. The Kier molecular flexibility index (Phi) is 5.02. The number of aromatic nitrogens is 2. The first-order chi connectivity index (χ1) is 9.30. The summed E-state index contributed by atoms with van der Waals surface area (Å²) in [6, 6.07) is 0. The van der Waals surface area contributed by atoms with Gasteiger partial charge < -0.3 is 15.3 Å². The highest BCUT2D eigenvalue weighted by atomic mass is 19.4. The minimum Gasteiger partial charge on any atom is -0.395 e. The SMILES string of the molecule is CNc1ncnc(N(CCO)CC(F)(F)F)c1[N+](=O)[O-]. The first kappa shape index (κ1) is 15.9. The summed E-state index contributed by atoms with van der Waals surface area (Å²) in [6.45, 7) is -2.51. The van der Waals surface area contributed by atoms with Crippen LogP contribution in [0.2, 0.25) is 0 Å². The number of nitro groups is 1. The zero-order valence-corrected chi connectivity index (χ0v) is 10.4. The lowest BCUT2D eigenvalue weighted by molar-refractivity contribution is -0.383. The van der Waals surface area contributed by atoms with E-state index < -0.39 is 42.3 Å². The number of nitrogens with one attached hydrogen (secondary N) is 1. The number of alkyl halides is 3. The zero-order chi connectivity index (χ0) is 15.3. The molecule has 0 aliphatic heterocycles.